The fraction of sp³-hybridized carbons (Fsp3) is 0.500. The van der Waals surface area contributed by atoms with Gasteiger partial charge in [0.2, 0.25) is 0 Å². The maximum absolute atomic E-state index is 13.9. The highest BCUT2D eigenvalue weighted by atomic mass is 32.2. The summed E-state index contributed by atoms with van der Waals surface area (Å²) in [5.41, 5.74) is 0. The molecule has 210 valence electrons. The van der Waals surface area contributed by atoms with E-state index >= 15 is 0 Å². The van der Waals surface area contributed by atoms with Crippen molar-refractivity contribution in [3.8, 4) is 5.75 Å². The lowest BCUT2D eigenvalue weighted by Gasteiger charge is -2.33. The Balaban J connectivity index is 3.56. The minimum Gasteiger partial charge on any atom is -0.378 e. The molecular formula is C12H6F12O9S3. The fourth-order valence-electron chi connectivity index (χ4n) is 1.71. The molecule has 0 aliphatic carbocycles. The average molecular weight is 618 g/mol. The normalized spacial score (nSPS) is 15.6. The lowest BCUT2D eigenvalue weighted by atomic mass is 10.3. The van der Waals surface area contributed by atoms with Gasteiger partial charge in [-0.2, -0.15) is 82.1 Å². The van der Waals surface area contributed by atoms with Crippen molar-refractivity contribution in [2.24, 2.45) is 0 Å². The molecule has 0 unspecified atom stereocenters. The SMILES string of the molecule is O=S(=O)(O)C(F)(F)C(F)(F)C(F)(F)OS(=O)(=O)C(F)(F)C(F)(F)C(F)(F)S(=O)(=O)Oc1ccccc1. The second-order valence-corrected chi connectivity index (χ2v) is 10.7. The Morgan fingerprint density at radius 2 is 0.972 bits per heavy atom. The van der Waals surface area contributed by atoms with Crippen molar-refractivity contribution < 1.29 is 90.9 Å². The predicted molar refractivity (Wildman–Crippen MR) is 87.2 cm³/mol. The van der Waals surface area contributed by atoms with Crippen LogP contribution in [-0.2, 0) is 34.5 Å². The van der Waals surface area contributed by atoms with E-state index in [1.54, 1.807) is 4.18 Å². The Morgan fingerprint density at radius 3 is 1.36 bits per heavy atom. The van der Waals surface area contributed by atoms with Gasteiger partial charge >= 0.3 is 64.1 Å². The number of hydrogen-bond donors (Lipinski definition) is 1. The van der Waals surface area contributed by atoms with Gasteiger partial charge in [-0.1, -0.05) is 18.2 Å². The molecule has 0 atom stereocenters. The molecule has 0 spiro atoms. The zero-order chi connectivity index (χ0) is 29.0. The minimum atomic E-state index is -8.70. The summed E-state index contributed by atoms with van der Waals surface area (Å²) in [7, 11) is -23.7. The van der Waals surface area contributed by atoms with Crippen LogP contribution in [0.3, 0.4) is 0 Å². The minimum absolute atomic E-state index is 0.460. The van der Waals surface area contributed by atoms with E-state index in [9.17, 15) is 77.9 Å². The van der Waals surface area contributed by atoms with Crippen molar-refractivity contribution in [3.63, 3.8) is 0 Å². The summed E-state index contributed by atoms with van der Waals surface area (Å²) in [6.07, 6.45) is -7.78. The molecule has 0 saturated carbocycles. The Kier molecular flexibility index (Phi) is 7.79. The van der Waals surface area contributed by atoms with Crippen molar-refractivity contribution in [3.05, 3.63) is 30.3 Å². The van der Waals surface area contributed by atoms with E-state index in [0.29, 0.717) is 12.1 Å². The van der Waals surface area contributed by atoms with Gasteiger partial charge < -0.3 is 4.18 Å². The molecule has 36 heavy (non-hydrogen) atoms. The topological polar surface area (TPSA) is 141 Å². The van der Waals surface area contributed by atoms with Gasteiger partial charge in [0.1, 0.15) is 5.75 Å². The Morgan fingerprint density at radius 1 is 0.583 bits per heavy atom. The number of hydrogen-bond acceptors (Lipinski definition) is 8. The smallest absolute Gasteiger partial charge is 0.378 e. The first-order valence-electron chi connectivity index (χ1n) is 7.71. The second-order valence-electron chi connectivity index (χ2n) is 6.08. The van der Waals surface area contributed by atoms with Crippen LogP contribution in [0.1, 0.15) is 0 Å². The number of rotatable bonds is 11. The maximum atomic E-state index is 13.9. The highest BCUT2D eigenvalue weighted by Crippen LogP contribution is 2.55. The van der Waals surface area contributed by atoms with E-state index < -0.39 is 69.8 Å². The van der Waals surface area contributed by atoms with Crippen LogP contribution in [0, 0.1) is 0 Å². The quantitative estimate of drug-likeness (QED) is 0.225. The third-order valence-corrected chi connectivity index (χ3v) is 7.09. The van der Waals surface area contributed by atoms with Gasteiger partial charge in [-0.25, -0.2) is 0 Å². The number of alkyl halides is 12. The molecule has 0 saturated heterocycles. The van der Waals surface area contributed by atoms with Crippen LogP contribution in [-0.4, -0.2) is 63.5 Å². The lowest BCUT2D eigenvalue weighted by molar-refractivity contribution is -0.355. The van der Waals surface area contributed by atoms with Gasteiger partial charge in [0.05, 0.1) is 0 Å². The molecule has 1 aromatic carbocycles. The van der Waals surface area contributed by atoms with Crippen LogP contribution >= 0.6 is 0 Å². The van der Waals surface area contributed by atoms with Crippen molar-refractivity contribution in [1.82, 2.24) is 0 Å². The highest BCUT2D eigenvalue weighted by Gasteiger charge is 2.86. The zero-order valence-electron chi connectivity index (χ0n) is 15.9. The summed E-state index contributed by atoms with van der Waals surface area (Å²) in [5, 5.41) is -22.8. The van der Waals surface area contributed by atoms with Crippen molar-refractivity contribution in [2.75, 3.05) is 0 Å². The standard InChI is InChI=1S/C12H6F12O9S3/c13-7(14,10(19,20)34(25,26)27)9(17,18)33-36(30,31)12(23,24)8(15,16)11(21,22)35(28,29)32-6-4-2-1-3-5-6/h1-5H,(H,25,26,27). The maximum Gasteiger partial charge on any atom is 0.450 e. The molecule has 0 fully saturated rings. The molecule has 0 amide bonds. The largest absolute Gasteiger partial charge is 0.450 e. The van der Waals surface area contributed by atoms with Gasteiger partial charge in [-0.3, -0.25) is 4.55 Å². The van der Waals surface area contributed by atoms with E-state index in [4.69, 9.17) is 4.55 Å². The van der Waals surface area contributed by atoms with Crippen LogP contribution < -0.4 is 4.18 Å². The summed E-state index contributed by atoms with van der Waals surface area (Å²) in [6, 6.07) is 3.62. The van der Waals surface area contributed by atoms with Crippen LogP contribution in [0.5, 0.6) is 5.75 Å². The molecule has 0 radical (unpaired) electrons. The summed E-state index contributed by atoms with van der Waals surface area (Å²) >= 11 is 0. The molecule has 0 aliphatic heterocycles. The second kappa shape index (κ2) is 8.76. The van der Waals surface area contributed by atoms with Crippen LogP contribution in [0.2, 0.25) is 0 Å². The number of halogens is 12. The van der Waals surface area contributed by atoms with E-state index in [-0.39, 0.29) is 0 Å². The molecule has 1 N–H and O–H groups in total. The molecule has 24 heteroatoms. The summed E-state index contributed by atoms with van der Waals surface area (Å²) in [5.74, 6) is -17.0. The third kappa shape index (κ3) is 4.79. The summed E-state index contributed by atoms with van der Waals surface area (Å²) in [4.78, 5) is 0. The van der Waals surface area contributed by atoms with Gasteiger partial charge in [0, 0.05) is 0 Å². The fourth-order valence-corrected chi connectivity index (χ4v) is 4.06. The van der Waals surface area contributed by atoms with Gasteiger partial charge in [0.25, 0.3) is 0 Å². The molecule has 9 nitrogen and oxygen atoms in total. The first kappa shape index (κ1) is 32.0. The molecule has 0 bridgehead atoms. The third-order valence-electron chi connectivity index (χ3n) is 3.58. The van der Waals surface area contributed by atoms with E-state index in [2.05, 4.69) is 4.18 Å². The highest BCUT2D eigenvalue weighted by molar-refractivity contribution is 7.89. The van der Waals surface area contributed by atoms with Crippen LogP contribution in [0.15, 0.2) is 30.3 Å². The Bertz CT molecular complexity index is 1290. The molecule has 0 aromatic heterocycles. The van der Waals surface area contributed by atoms with Gasteiger partial charge in [-0.05, 0) is 12.1 Å². The first-order chi connectivity index (χ1) is 15.5. The molecule has 1 rings (SSSR count). The van der Waals surface area contributed by atoms with E-state index in [1.807, 2.05) is 0 Å². The molecule has 0 heterocycles. The zero-order valence-corrected chi connectivity index (χ0v) is 18.3. The molecule has 0 aliphatic rings. The van der Waals surface area contributed by atoms with Crippen LogP contribution in [0.25, 0.3) is 0 Å². The number of benzene rings is 1. The van der Waals surface area contributed by atoms with Crippen molar-refractivity contribution in [2.45, 2.75) is 33.7 Å². The summed E-state index contributed by atoms with van der Waals surface area (Å²) < 4.78 is 241. The van der Waals surface area contributed by atoms with Gasteiger partial charge in [0.15, 0.2) is 0 Å². The Labute approximate surface area is 191 Å². The average Bonchev–Trinajstić information content (AvgIpc) is 2.65. The molecular weight excluding hydrogens is 612 g/mol. The van der Waals surface area contributed by atoms with Crippen molar-refractivity contribution in [1.29, 1.82) is 0 Å². The Hall–Kier alpha value is -2.05. The number of para-hydroxylation sites is 1. The van der Waals surface area contributed by atoms with Crippen LogP contribution in [0.4, 0.5) is 52.7 Å². The van der Waals surface area contributed by atoms with E-state index in [1.165, 1.54) is 0 Å². The monoisotopic (exact) mass is 618 g/mol. The van der Waals surface area contributed by atoms with E-state index in [0.717, 1.165) is 18.2 Å². The molecule has 1 aromatic rings. The predicted octanol–water partition coefficient (Wildman–Crippen LogP) is 3.27. The first-order valence-corrected chi connectivity index (χ1v) is 12.0. The lowest BCUT2D eigenvalue weighted by Crippen LogP contribution is -2.64. The van der Waals surface area contributed by atoms with Gasteiger partial charge in [-0.15, -0.1) is 0 Å². The van der Waals surface area contributed by atoms with Crippen molar-refractivity contribution >= 4 is 30.4 Å². The summed E-state index contributed by atoms with van der Waals surface area (Å²) in [6.45, 7) is 0.